The van der Waals surface area contributed by atoms with Gasteiger partial charge in [0.1, 0.15) is 10.7 Å². The molecule has 2 N–H and O–H groups in total. The SMILES string of the molecule is CCC(CC)NS(=O)(=O)c1ccc(NCCc2cccs2)nc1. The number of pyridine rings is 1. The van der Waals surface area contributed by atoms with Crippen LogP contribution in [-0.4, -0.2) is 26.0 Å². The second-order valence-electron chi connectivity index (χ2n) is 5.27. The number of thiophene rings is 1. The third-order valence-corrected chi connectivity index (χ3v) is 6.05. The Morgan fingerprint density at radius 1 is 1.22 bits per heavy atom. The fourth-order valence-electron chi connectivity index (χ4n) is 2.16. The monoisotopic (exact) mass is 353 g/mol. The average molecular weight is 354 g/mol. The highest BCUT2D eigenvalue weighted by molar-refractivity contribution is 7.89. The molecule has 0 atom stereocenters. The molecule has 0 aromatic carbocycles. The highest BCUT2D eigenvalue weighted by atomic mass is 32.2. The quantitative estimate of drug-likeness (QED) is 0.726. The van der Waals surface area contributed by atoms with Crippen LogP contribution >= 0.6 is 11.3 Å². The standard InChI is InChI=1S/C16H23N3O2S2/c1-3-13(4-2)19-23(20,21)15-7-8-16(18-12-15)17-10-9-14-6-5-11-22-14/h5-8,11-13,19H,3-4,9-10H2,1-2H3,(H,17,18). The number of anilines is 1. The second-order valence-corrected chi connectivity index (χ2v) is 8.02. The molecule has 23 heavy (non-hydrogen) atoms. The maximum atomic E-state index is 12.3. The minimum absolute atomic E-state index is 0.0383. The van der Waals surface area contributed by atoms with Crippen molar-refractivity contribution in [3.63, 3.8) is 0 Å². The first-order valence-electron chi connectivity index (χ1n) is 7.79. The number of hydrogen-bond donors (Lipinski definition) is 2. The summed E-state index contributed by atoms with van der Waals surface area (Å²) in [6.45, 7) is 4.71. The first-order chi connectivity index (χ1) is 11.0. The molecule has 0 aliphatic heterocycles. The van der Waals surface area contributed by atoms with Crippen molar-refractivity contribution in [3.05, 3.63) is 40.7 Å². The van der Waals surface area contributed by atoms with E-state index in [1.807, 2.05) is 19.9 Å². The van der Waals surface area contributed by atoms with Gasteiger partial charge < -0.3 is 5.32 Å². The molecule has 0 amide bonds. The molecule has 0 saturated carbocycles. The Kier molecular flexibility index (Phi) is 6.56. The zero-order valence-electron chi connectivity index (χ0n) is 13.5. The van der Waals surface area contributed by atoms with Gasteiger partial charge in [-0.3, -0.25) is 0 Å². The van der Waals surface area contributed by atoms with Crippen molar-refractivity contribution in [1.82, 2.24) is 9.71 Å². The molecule has 0 saturated heterocycles. The fraction of sp³-hybridized carbons (Fsp3) is 0.438. The van der Waals surface area contributed by atoms with Crippen LogP contribution in [0.25, 0.3) is 0 Å². The summed E-state index contributed by atoms with van der Waals surface area (Å²) in [6.07, 6.45) is 3.87. The predicted octanol–water partition coefficient (Wildman–Crippen LogP) is 3.26. The summed E-state index contributed by atoms with van der Waals surface area (Å²) >= 11 is 1.73. The molecular formula is C16H23N3O2S2. The molecule has 0 aliphatic rings. The van der Waals surface area contributed by atoms with Crippen molar-refractivity contribution < 1.29 is 8.42 Å². The van der Waals surface area contributed by atoms with E-state index in [9.17, 15) is 8.42 Å². The Balaban J connectivity index is 1.93. The molecule has 0 radical (unpaired) electrons. The van der Waals surface area contributed by atoms with E-state index in [4.69, 9.17) is 0 Å². The number of aromatic nitrogens is 1. The van der Waals surface area contributed by atoms with Crippen LogP contribution in [0.4, 0.5) is 5.82 Å². The van der Waals surface area contributed by atoms with Crippen molar-refractivity contribution in [2.24, 2.45) is 0 Å². The van der Waals surface area contributed by atoms with E-state index in [1.165, 1.54) is 11.1 Å². The minimum atomic E-state index is -3.50. The summed E-state index contributed by atoms with van der Waals surface area (Å²) in [7, 11) is -3.50. The van der Waals surface area contributed by atoms with Crippen LogP contribution in [0.1, 0.15) is 31.6 Å². The second kappa shape index (κ2) is 8.42. The summed E-state index contributed by atoms with van der Waals surface area (Å²) in [5.74, 6) is 0.683. The van der Waals surface area contributed by atoms with Gasteiger partial charge in [0.05, 0.1) is 0 Å². The Morgan fingerprint density at radius 2 is 2.00 bits per heavy atom. The van der Waals surface area contributed by atoms with Gasteiger partial charge in [-0.25, -0.2) is 18.1 Å². The van der Waals surface area contributed by atoms with Crippen molar-refractivity contribution in [2.45, 2.75) is 44.0 Å². The van der Waals surface area contributed by atoms with Gasteiger partial charge in [0.15, 0.2) is 0 Å². The van der Waals surface area contributed by atoms with Crippen LogP contribution < -0.4 is 10.0 Å². The molecule has 2 aromatic heterocycles. The lowest BCUT2D eigenvalue weighted by Crippen LogP contribution is -2.33. The topological polar surface area (TPSA) is 71.1 Å². The van der Waals surface area contributed by atoms with Crippen LogP contribution in [0.3, 0.4) is 0 Å². The van der Waals surface area contributed by atoms with E-state index in [2.05, 4.69) is 26.5 Å². The Bertz CT molecular complexity index is 679. The van der Waals surface area contributed by atoms with Crippen molar-refractivity contribution >= 4 is 27.2 Å². The van der Waals surface area contributed by atoms with Crippen molar-refractivity contribution in [2.75, 3.05) is 11.9 Å². The zero-order valence-corrected chi connectivity index (χ0v) is 15.1. The molecule has 2 rings (SSSR count). The van der Waals surface area contributed by atoms with Crippen LogP contribution in [0.2, 0.25) is 0 Å². The zero-order chi connectivity index (χ0) is 16.7. The van der Waals surface area contributed by atoms with Gasteiger partial charge in [0.2, 0.25) is 10.0 Å². The van der Waals surface area contributed by atoms with E-state index < -0.39 is 10.0 Å². The molecule has 0 spiro atoms. The van der Waals surface area contributed by atoms with Gasteiger partial charge in [-0.1, -0.05) is 19.9 Å². The highest BCUT2D eigenvalue weighted by Crippen LogP contribution is 2.13. The van der Waals surface area contributed by atoms with Gasteiger partial charge >= 0.3 is 0 Å². The van der Waals surface area contributed by atoms with Crippen molar-refractivity contribution in [1.29, 1.82) is 0 Å². The van der Waals surface area contributed by atoms with Gasteiger partial charge in [-0.2, -0.15) is 0 Å². The number of sulfonamides is 1. The van der Waals surface area contributed by atoms with Gasteiger partial charge in [0, 0.05) is 23.7 Å². The Morgan fingerprint density at radius 3 is 2.57 bits per heavy atom. The number of hydrogen-bond acceptors (Lipinski definition) is 5. The summed E-state index contributed by atoms with van der Waals surface area (Å²) in [4.78, 5) is 5.71. The summed E-state index contributed by atoms with van der Waals surface area (Å²) in [6, 6.07) is 7.38. The van der Waals surface area contributed by atoms with Gasteiger partial charge in [0.25, 0.3) is 0 Å². The van der Waals surface area contributed by atoms with Crippen LogP contribution in [-0.2, 0) is 16.4 Å². The normalized spacial score (nSPS) is 11.8. The molecule has 0 unspecified atom stereocenters. The highest BCUT2D eigenvalue weighted by Gasteiger charge is 2.18. The third kappa shape index (κ3) is 5.30. The van der Waals surface area contributed by atoms with E-state index in [0.717, 1.165) is 25.8 Å². The lowest BCUT2D eigenvalue weighted by molar-refractivity contribution is 0.530. The molecule has 0 aliphatic carbocycles. The van der Waals surface area contributed by atoms with Crippen molar-refractivity contribution in [3.8, 4) is 0 Å². The Hall–Kier alpha value is -1.44. The average Bonchev–Trinajstić information content (AvgIpc) is 3.06. The number of rotatable bonds is 9. The van der Waals surface area contributed by atoms with E-state index in [0.29, 0.717) is 5.82 Å². The molecule has 2 heterocycles. The fourth-order valence-corrected chi connectivity index (χ4v) is 4.21. The third-order valence-electron chi connectivity index (χ3n) is 3.61. The van der Waals surface area contributed by atoms with Gasteiger partial charge in [-0.05, 0) is 42.8 Å². The maximum Gasteiger partial charge on any atom is 0.242 e. The molecule has 0 bridgehead atoms. The predicted molar refractivity (Wildman–Crippen MR) is 95.4 cm³/mol. The smallest absolute Gasteiger partial charge is 0.242 e. The lowest BCUT2D eigenvalue weighted by atomic mass is 10.2. The van der Waals surface area contributed by atoms with E-state index in [-0.39, 0.29) is 10.9 Å². The minimum Gasteiger partial charge on any atom is -0.370 e. The maximum absolute atomic E-state index is 12.3. The van der Waals surface area contributed by atoms with Crippen LogP contribution in [0, 0.1) is 0 Å². The summed E-state index contributed by atoms with van der Waals surface area (Å²) in [5.41, 5.74) is 0. The largest absolute Gasteiger partial charge is 0.370 e. The molecule has 5 nitrogen and oxygen atoms in total. The van der Waals surface area contributed by atoms with E-state index in [1.54, 1.807) is 23.5 Å². The molecule has 7 heteroatoms. The van der Waals surface area contributed by atoms with Gasteiger partial charge in [-0.15, -0.1) is 11.3 Å². The summed E-state index contributed by atoms with van der Waals surface area (Å²) < 4.78 is 27.2. The molecular weight excluding hydrogens is 330 g/mol. The first-order valence-corrected chi connectivity index (χ1v) is 10.2. The Labute approximate surface area is 142 Å². The van der Waals surface area contributed by atoms with Crippen LogP contribution in [0.15, 0.2) is 40.7 Å². The molecule has 0 fully saturated rings. The molecule has 126 valence electrons. The molecule has 2 aromatic rings. The van der Waals surface area contributed by atoms with Crippen LogP contribution in [0.5, 0.6) is 0 Å². The summed E-state index contributed by atoms with van der Waals surface area (Å²) in [5, 5.41) is 5.26. The lowest BCUT2D eigenvalue weighted by Gasteiger charge is -2.15. The van der Waals surface area contributed by atoms with E-state index >= 15 is 0 Å². The number of nitrogens with zero attached hydrogens (tertiary/aromatic N) is 1. The first kappa shape index (κ1) is 17.9. The number of nitrogens with one attached hydrogen (secondary N) is 2.